The average Bonchev–Trinajstić information content (AvgIpc) is 3.04. The molecule has 0 saturated carbocycles. The van der Waals surface area contributed by atoms with Crippen LogP contribution in [0.2, 0.25) is 0 Å². The molecule has 1 aromatic carbocycles. The Kier molecular flexibility index (Phi) is 4.63. The maximum absolute atomic E-state index is 5.72. The summed E-state index contributed by atoms with van der Waals surface area (Å²) in [6, 6.07) is 13.5. The number of aromatic nitrogens is 3. The van der Waals surface area contributed by atoms with E-state index in [-0.39, 0.29) is 0 Å². The first-order chi connectivity index (χ1) is 11.3. The van der Waals surface area contributed by atoms with Crippen LogP contribution in [0, 0.1) is 0 Å². The second kappa shape index (κ2) is 7.02. The van der Waals surface area contributed by atoms with Crippen LogP contribution < -0.4 is 4.74 Å². The van der Waals surface area contributed by atoms with Crippen molar-refractivity contribution in [1.82, 2.24) is 20.1 Å². The second-order valence-electron chi connectivity index (χ2n) is 5.19. The van der Waals surface area contributed by atoms with Crippen molar-refractivity contribution in [2.75, 3.05) is 14.2 Å². The molecule has 23 heavy (non-hydrogen) atoms. The fourth-order valence-corrected chi connectivity index (χ4v) is 2.29. The Morgan fingerprint density at radius 2 is 1.87 bits per heavy atom. The van der Waals surface area contributed by atoms with Gasteiger partial charge in [-0.15, -0.1) is 10.2 Å². The number of hydrogen-bond donors (Lipinski definition) is 0. The number of nitrogens with zero attached hydrogens (tertiary/aromatic N) is 4. The van der Waals surface area contributed by atoms with E-state index in [9.17, 15) is 0 Å². The van der Waals surface area contributed by atoms with Crippen LogP contribution in [0.5, 0.6) is 5.75 Å². The Labute approximate surface area is 134 Å². The van der Waals surface area contributed by atoms with Gasteiger partial charge in [-0.1, -0.05) is 18.2 Å². The molecule has 0 saturated heterocycles. The lowest BCUT2D eigenvalue weighted by Crippen LogP contribution is -2.18. The molecular weight excluding hydrogens is 292 g/mol. The normalized spacial score (nSPS) is 10.9. The smallest absolute Gasteiger partial charge is 0.247 e. The van der Waals surface area contributed by atoms with Crippen molar-refractivity contribution in [3.05, 3.63) is 60.2 Å². The number of rotatable bonds is 6. The molecule has 0 atom stereocenters. The molecule has 0 N–H and O–H groups in total. The minimum Gasteiger partial charge on any atom is -0.495 e. The van der Waals surface area contributed by atoms with Crippen molar-refractivity contribution >= 4 is 0 Å². The maximum atomic E-state index is 5.72. The molecule has 0 spiro atoms. The highest BCUT2D eigenvalue weighted by molar-refractivity contribution is 5.51. The largest absolute Gasteiger partial charge is 0.495 e. The van der Waals surface area contributed by atoms with E-state index in [0.717, 1.165) is 17.0 Å². The van der Waals surface area contributed by atoms with Crippen molar-refractivity contribution in [3.63, 3.8) is 0 Å². The van der Waals surface area contributed by atoms with Crippen LogP contribution in [-0.2, 0) is 13.1 Å². The Balaban J connectivity index is 1.67. The number of benzene rings is 1. The summed E-state index contributed by atoms with van der Waals surface area (Å²) in [7, 11) is 3.62. The number of hydrogen-bond acceptors (Lipinski definition) is 6. The van der Waals surface area contributed by atoms with Crippen LogP contribution in [-0.4, -0.2) is 34.2 Å². The molecular formula is C17H18N4O2. The van der Waals surface area contributed by atoms with Gasteiger partial charge in [0.2, 0.25) is 11.8 Å². The van der Waals surface area contributed by atoms with E-state index in [4.69, 9.17) is 9.15 Å². The second-order valence-corrected chi connectivity index (χ2v) is 5.19. The predicted molar refractivity (Wildman–Crippen MR) is 85.7 cm³/mol. The highest BCUT2D eigenvalue weighted by atomic mass is 16.5. The third-order valence-electron chi connectivity index (χ3n) is 3.38. The van der Waals surface area contributed by atoms with Gasteiger partial charge in [-0.25, -0.2) is 0 Å². The molecule has 0 unspecified atom stereocenters. The zero-order valence-corrected chi connectivity index (χ0v) is 13.1. The van der Waals surface area contributed by atoms with Crippen LogP contribution in [0.25, 0.3) is 11.5 Å². The molecule has 0 aliphatic rings. The molecule has 3 aromatic rings. The molecule has 118 valence electrons. The van der Waals surface area contributed by atoms with E-state index in [1.165, 1.54) is 0 Å². The van der Waals surface area contributed by atoms with Gasteiger partial charge < -0.3 is 9.15 Å². The third kappa shape index (κ3) is 3.73. The third-order valence-corrected chi connectivity index (χ3v) is 3.38. The molecule has 0 radical (unpaired) electrons. The monoisotopic (exact) mass is 310 g/mol. The summed E-state index contributed by atoms with van der Waals surface area (Å²) in [5, 5.41) is 8.20. The first-order valence-corrected chi connectivity index (χ1v) is 7.30. The van der Waals surface area contributed by atoms with Gasteiger partial charge in [0, 0.05) is 18.3 Å². The SMILES string of the molecule is COc1cccnc1CN(C)Cc1nnc(-c2ccccc2)o1. The zero-order valence-electron chi connectivity index (χ0n) is 13.1. The molecule has 6 nitrogen and oxygen atoms in total. The number of ether oxygens (including phenoxy) is 1. The van der Waals surface area contributed by atoms with Crippen molar-refractivity contribution in [3.8, 4) is 17.2 Å². The summed E-state index contributed by atoms with van der Waals surface area (Å²) in [6.45, 7) is 1.17. The quantitative estimate of drug-likeness (QED) is 0.697. The van der Waals surface area contributed by atoms with Crippen LogP contribution >= 0.6 is 0 Å². The standard InChI is InChI=1S/C17H18N4O2/c1-21(11-14-15(22-2)9-6-10-18-14)12-16-19-20-17(23-16)13-7-4-3-5-8-13/h3-10H,11-12H2,1-2H3. The Morgan fingerprint density at radius 1 is 1.04 bits per heavy atom. The van der Waals surface area contributed by atoms with Crippen molar-refractivity contribution in [2.45, 2.75) is 13.1 Å². The molecule has 0 aliphatic carbocycles. The molecule has 0 amide bonds. The number of methoxy groups -OCH3 is 1. The summed E-state index contributed by atoms with van der Waals surface area (Å²) in [5.41, 5.74) is 1.79. The molecule has 0 bridgehead atoms. The van der Waals surface area contributed by atoms with Crippen molar-refractivity contribution < 1.29 is 9.15 Å². The molecule has 0 aliphatic heterocycles. The van der Waals surface area contributed by atoms with Gasteiger partial charge in [0.1, 0.15) is 5.75 Å². The highest BCUT2D eigenvalue weighted by Gasteiger charge is 2.12. The van der Waals surface area contributed by atoms with Gasteiger partial charge in [0.15, 0.2) is 0 Å². The fraction of sp³-hybridized carbons (Fsp3) is 0.235. The Morgan fingerprint density at radius 3 is 2.65 bits per heavy atom. The summed E-state index contributed by atoms with van der Waals surface area (Å²) in [6.07, 6.45) is 1.76. The minimum atomic E-state index is 0.532. The minimum absolute atomic E-state index is 0.532. The van der Waals surface area contributed by atoms with Gasteiger partial charge in [-0.2, -0.15) is 0 Å². The summed E-state index contributed by atoms with van der Waals surface area (Å²) < 4.78 is 11.0. The van der Waals surface area contributed by atoms with Crippen LogP contribution in [0.1, 0.15) is 11.6 Å². The van der Waals surface area contributed by atoms with Crippen molar-refractivity contribution in [1.29, 1.82) is 0 Å². The first kappa shape index (κ1) is 15.2. The Bertz CT molecular complexity index is 758. The average molecular weight is 310 g/mol. The van der Waals surface area contributed by atoms with E-state index in [2.05, 4.69) is 15.2 Å². The topological polar surface area (TPSA) is 64.3 Å². The molecule has 2 heterocycles. The lowest BCUT2D eigenvalue weighted by molar-refractivity contribution is 0.274. The van der Waals surface area contributed by atoms with Crippen molar-refractivity contribution in [2.24, 2.45) is 0 Å². The lowest BCUT2D eigenvalue weighted by Gasteiger charge is -2.15. The summed E-state index contributed by atoms with van der Waals surface area (Å²) in [5.74, 6) is 1.88. The van der Waals surface area contributed by atoms with Crippen LogP contribution in [0.3, 0.4) is 0 Å². The van der Waals surface area contributed by atoms with Gasteiger partial charge in [0.25, 0.3) is 0 Å². The van der Waals surface area contributed by atoms with E-state index in [1.54, 1.807) is 13.3 Å². The molecule has 6 heteroatoms. The van der Waals surface area contributed by atoms with Gasteiger partial charge in [-0.3, -0.25) is 9.88 Å². The lowest BCUT2D eigenvalue weighted by atomic mass is 10.2. The molecule has 0 fully saturated rings. The van der Waals surface area contributed by atoms with Gasteiger partial charge >= 0.3 is 0 Å². The first-order valence-electron chi connectivity index (χ1n) is 7.30. The highest BCUT2D eigenvalue weighted by Crippen LogP contribution is 2.19. The van der Waals surface area contributed by atoms with E-state index in [1.807, 2.05) is 54.4 Å². The van der Waals surface area contributed by atoms with E-state index < -0.39 is 0 Å². The van der Waals surface area contributed by atoms with E-state index in [0.29, 0.717) is 24.9 Å². The molecule has 3 rings (SSSR count). The zero-order chi connectivity index (χ0) is 16.1. The van der Waals surface area contributed by atoms with Gasteiger partial charge in [0.05, 0.1) is 19.3 Å². The predicted octanol–water partition coefficient (Wildman–Crippen LogP) is 2.77. The van der Waals surface area contributed by atoms with E-state index >= 15 is 0 Å². The molecule has 2 aromatic heterocycles. The number of pyridine rings is 1. The fourth-order valence-electron chi connectivity index (χ4n) is 2.29. The van der Waals surface area contributed by atoms with Crippen LogP contribution in [0.4, 0.5) is 0 Å². The maximum Gasteiger partial charge on any atom is 0.247 e. The summed E-state index contributed by atoms with van der Waals surface area (Å²) >= 11 is 0. The Hall–Kier alpha value is -2.73. The van der Waals surface area contributed by atoms with Crippen LogP contribution in [0.15, 0.2) is 53.1 Å². The van der Waals surface area contributed by atoms with Gasteiger partial charge in [-0.05, 0) is 31.3 Å². The summed E-state index contributed by atoms with van der Waals surface area (Å²) in [4.78, 5) is 6.40.